The molecule has 1 fully saturated rings. The molecule has 2 amide bonds. The van der Waals surface area contributed by atoms with Crippen molar-refractivity contribution < 1.29 is 18.7 Å². The first-order chi connectivity index (χ1) is 12.6. The van der Waals surface area contributed by atoms with Crippen LogP contribution in [0.25, 0.3) is 11.3 Å². The number of carbonyl (C=O) groups is 2. The Morgan fingerprint density at radius 2 is 2.35 bits per heavy atom. The molecule has 0 spiro atoms. The van der Waals surface area contributed by atoms with Crippen LogP contribution in [0.4, 0.5) is 5.69 Å². The van der Waals surface area contributed by atoms with Crippen molar-refractivity contribution in [3.63, 3.8) is 0 Å². The molecule has 3 rings (SSSR count). The molecule has 2 aromatic rings. The lowest BCUT2D eigenvalue weighted by Gasteiger charge is -2.33. The minimum absolute atomic E-state index is 0.233. The van der Waals surface area contributed by atoms with Crippen molar-refractivity contribution >= 4 is 29.3 Å². The van der Waals surface area contributed by atoms with Gasteiger partial charge in [-0.25, -0.2) is 4.98 Å². The maximum absolute atomic E-state index is 12.7. The van der Waals surface area contributed by atoms with Crippen LogP contribution in [0.5, 0.6) is 5.75 Å². The van der Waals surface area contributed by atoms with E-state index in [1.807, 2.05) is 0 Å². The minimum Gasteiger partial charge on any atom is -0.496 e. The van der Waals surface area contributed by atoms with Gasteiger partial charge in [0.15, 0.2) is 12.2 Å². The van der Waals surface area contributed by atoms with Gasteiger partial charge < -0.3 is 19.4 Å². The summed E-state index contributed by atoms with van der Waals surface area (Å²) in [5.41, 5.74) is 1.32. The Morgan fingerprint density at radius 3 is 3.04 bits per heavy atom. The molecule has 26 heavy (non-hydrogen) atoms. The number of rotatable bonds is 5. The second-order valence-corrected chi connectivity index (χ2v) is 6.75. The summed E-state index contributed by atoms with van der Waals surface area (Å²) < 4.78 is 10.7. The van der Waals surface area contributed by atoms with E-state index in [0.717, 1.165) is 11.3 Å². The van der Waals surface area contributed by atoms with E-state index in [1.165, 1.54) is 12.5 Å². The van der Waals surface area contributed by atoms with E-state index in [0.29, 0.717) is 29.5 Å². The molecule has 136 valence electrons. The number of benzene rings is 1. The van der Waals surface area contributed by atoms with Crippen LogP contribution in [0.1, 0.15) is 0 Å². The molecule has 2 heterocycles. The van der Waals surface area contributed by atoms with Crippen molar-refractivity contribution in [1.82, 2.24) is 9.88 Å². The van der Waals surface area contributed by atoms with Gasteiger partial charge in [0.1, 0.15) is 11.8 Å². The van der Waals surface area contributed by atoms with Gasteiger partial charge in [0.05, 0.1) is 18.9 Å². The third-order valence-corrected chi connectivity index (χ3v) is 5.08. The zero-order valence-electron chi connectivity index (χ0n) is 14.3. The molecular formula is C18H19N3O4S. The van der Waals surface area contributed by atoms with Crippen LogP contribution in [-0.2, 0) is 9.59 Å². The molecular weight excluding hydrogens is 354 g/mol. The van der Waals surface area contributed by atoms with Gasteiger partial charge in [-0.1, -0.05) is 6.58 Å². The fourth-order valence-corrected chi connectivity index (χ4v) is 3.80. The Labute approximate surface area is 155 Å². The van der Waals surface area contributed by atoms with Crippen LogP contribution in [0, 0.1) is 0 Å². The number of hydrogen-bond donors (Lipinski definition) is 1. The molecule has 0 radical (unpaired) electrons. The number of oxazole rings is 1. The van der Waals surface area contributed by atoms with E-state index in [2.05, 4.69) is 16.9 Å². The molecule has 0 aliphatic carbocycles. The van der Waals surface area contributed by atoms with E-state index in [9.17, 15) is 9.59 Å². The molecule has 7 nitrogen and oxygen atoms in total. The number of thioether (sulfide) groups is 1. The molecule has 1 aromatic carbocycles. The zero-order chi connectivity index (χ0) is 18.5. The Balaban J connectivity index is 1.78. The number of nitrogens with zero attached hydrogens (tertiary/aromatic N) is 2. The molecule has 1 N–H and O–H groups in total. The van der Waals surface area contributed by atoms with E-state index < -0.39 is 6.04 Å². The van der Waals surface area contributed by atoms with Crippen molar-refractivity contribution in [3.05, 3.63) is 43.4 Å². The van der Waals surface area contributed by atoms with Crippen LogP contribution < -0.4 is 10.1 Å². The first-order valence-electron chi connectivity index (χ1n) is 8.02. The summed E-state index contributed by atoms with van der Waals surface area (Å²) in [7, 11) is 1.54. The molecule has 8 heteroatoms. The lowest BCUT2D eigenvalue weighted by Crippen LogP contribution is -2.51. The minimum atomic E-state index is -0.529. The lowest BCUT2D eigenvalue weighted by molar-refractivity contribution is -0.133. The van der Waals surface area contributed by atoms with E-state index in [4.69, 9.17) is 9.15 Å². The highest BCUT2D eigenvalue weighted by molar-refractivity contribution is 7.99. The van der Waals surface area contributed by atoms with Gasteiger partial charge in [0, 0.05) is 29.8 Å². The summed E-state index contributed by atoms with van der Waals surface area (Å²) in [4.78, 5) is 30.1. The van der Waals surface area contributed by atoms with E-state index >= 15 is 0 Å². The van der Waals surface area contributed by atoms with Crippen LogP contribution in [0.15, 0.2) is 47.9 Å². The summed E-state index contributed by atoms with van der Waals surface area (Å²) in [6.45, 7) is 4.04. The SMILES string of the molecule is C=CC(=O)N1CCSCC1C(=O)Nc1ccc(-c2cnco2)c(OC)c1. The Kier molecular flexibility index (Phi) is 5.62. The first-order valence-corrected chi connectivity index (χ1v) is 9.18. The topological polar surface area (TPSA) is 84.7 Å². The van der Waals surface area contributed by atoms with Crippen molar-refractivity contribution in [2.24, 2.45) is 0 Å². The van der Waals surface area contributed by atoms with Gasteiger partial charge in [-0.3, -0.25) is 9.59 Å². The van der Waals surface area contributed by atoms with Crippen LogP contribution in [0.2, 0.25) is 0 Å². The quantitative estimate of drug-likeness (QED) is 0.811. The first kappa shape index (κ1) is 18.1. The van der Waals surface area contributed by atoms with Gasteiger partial charge in [-0.05, 0) is 18.2 Å². The average molecular weight is 373 g/mol. The number of hydrogen-bond acceptors (Lipinski definition) is 6. The number of methoxy groups -OCH3 is 1. The molecule has 1 aromatic heterocycles. The van der Waals surface area contributed by atoms with Crippen LogP contribution in [0.3, 0.4) is 0 Å². The van der Waals surface area contributed by atoms with Crippen LogP contribution >= 0.6 is 11.8 Å². The van der Waals surface area contributed by atoms with Gasteiger partial charge >= 0.3 is 0 Å². The summed E-state index contributed by atoms with van der Waals surface area (Å²) in [5.74, 6) is 2.02. The summed E-state index contributed by atoms with van der Waals surface area (Å²) in [6, 6.07) is 4.73. The van der Waals surface area contributed by atoms with E-state index in [-0.39, 0.29) is 11.8 Å². The molecule has 1 atom stereocenters. The fraction of sp³-hybridized carbons (Fsp3) is 0.278. The van der Waals surface area contributed by atoms with Gasteiger partial charge in [-0.2, -0.15) is 11.8 Å². The number of aromatic nitrogens is 1. The fourth-order valence-electron chi connectivity index (χ4n) is 2.75. The molecule has 1 saturated heterocycles. The number of amides is 2. The smallest absolute Gasteiger partial charge is 0.248 e. The number of carbonyl (C=O) groups excluding carboxylic acids is 2. The predicted octanol–water partition coefficient (Wildman–Crippen LogP) is 2.42. The maximum Gasteiger partial charge on any atom is 0.248 e. The molecule has 0 saturated carbocycles. The summed E-state index contributed by atoms with van der Waals surface area (Å²) in [5, 5.41) is 2.86. The second kappa shape index (κ2) is 8.09. The Morgan fingerprint density at radius 1 is 1.50 bits per heavy atom. The normalized spacial score (nSPS) is 16.8. The monoisotopic (exact) mass is 373 g/mol. The standard InChI is InChI=1S/C18H19N3O4S/c1-3-17(22)21-6-7-26-10-14(21)18(23)20-12-4-5-13(15(8-12)24-2)16-9-19-11-25-16/h3-5,8-9,11,14H,1,6-7,10H2,2H3,(H,20,23). The van der Waals surface area contributed by atoms with E-state index in [1.54, 1.807) is 48.2 Å². The number of ether oxygens (including phenoxy) is 1. The van der Waals surface area contributed by atoms with Gasteiger partial charge in [0.2, 0.25) is 11.8 Å². The number of nitrogens with one attached hydrogen (secondary N) is 1. The van der Waals surface area contributed by atoms with Crippen molar-refractivity contribution in [1.29, 1.82) is 0 Å². The molecule has 0 bridgehead atoms. The van der Waals surface area contributed by atoms with Gasteiger partial charge in [0.25, 0.3) is 0 Å². The van der Waals surface area contributed by atoms with Gasteiger partial charge in [-0.15, -0.1) is 0 Å². The zero-order valence-corrected chi connectivity index (χ0v) is 15.1. The summed E-state index contributed by atoms with van der Waals surface area (Å²) in [6.07, 6.45) is 4.18. The highest BCUT2D eigenvalue weighted by Gasteiger charge is 2.31. The molecule has 1 unspecified atom stereocenters. The lowest BCUT2D eigenvalue weighted by atomic mass is 10.1. The molecule has 1 aliphatic heterocycles. The summed E-state index contributed by atoms with van der Waals surface area (Å²) >= 11 is 1.65. The predicted molar refractivity (Wildman–Crippen MR) is 100 cm³/mol. The number of anilines is 1. The second-order valence-electron chi connectivity index (χ2n) is 5.60. The third kappa shape index (κ3) is 3.75. The highest BCUT2D eigenvalue weighted by atomic mass is 32.2. The van der Waals surface area contributed by atoms with Crippen LogP contribution in [-0.4, -0.2) is 52.9 Å². The Hall–Kier alpha value is -2.74. The third-order valence-electron chi connectivity index (χ3n) is 4.06. The highest BCUT2D eigenvalue weighted by Crippen LogP contribution is 2.32. The van der Waals surface area contributed by atoms with Crippen molar-refractivity contribution in [3.8, 4) is 17.1 Å². The maximum atomic E-state index is 12.7. The largest absolute Gasteiger partial charge is 0.496 e. The molecule has 1 aliphatic rings. The average Bonchev–Trinajstić information content (AvgIpc) is 3.21. The van der Waals surface area contributed by atoms with Crippen molar-refractivity contribution in [2.75, 3.05) is 30.5 Å². The van der Waals surface area contributed by atoms with Crippen molar-refractivity contribution in [2.45, 2.75) is 6.04 Å². The Bertz CT molecular complexity index is 807.